The molecule has 0 aliphatic heterocycles. The van der Waals surface area contributed by atoms with Crippen LogP contribution < -0.4 is 5.32 Å². The lowest BCUT2D eigenvalue weighted by Gasteiger charge is -2.09. The van der Waals surface area contributed by atoms with Crippen LogP contribution >= 0.6 is 11.6 Å². The molecule has 1 N–H and O–H groups in total. The van der Waals surface area contributed by atoms with Crippen LogP contribution in [-0.2, 0) is 4.79 Å². The Bertz CT molecular complexity index is 330. The van der Waals surface area contributed by atoms with Gasteiger partial charge in [0.15, 0.2) is 0 Å². The first-order valence-electron chi connectivity index (χ1n) is 4.33. The summed E-state index contributed by atoms with van der Waals surface area (Å²) in [5, 5.41) is 1.57. The highest BCUT2D eigenvalue weighted by Gasteiger charge is 2.19. The molecule has 4 heteroatoms. The largest absolute Gasteiger partial charge is 0.355 e. The fourth-order valence-electron chi connectivity index (χ4n) is 1.09. The van der Waals surface area contributed by atoms with Gasteiger partial charge in [-0.25, -0.2) is 4.39 Å². The second kappa shape index (κ2) is 4.96. The van der Waals surface area contributed by atoms with Crippen molar-refractivity contribution in [2.75, 3.05) is 6.54 Å². The number of amides is 1. The van der Waals surface area contributed by atoms with E-state index in [2.05, 4.69) is 5.32 Å². The molecule has 1 atom stereocenters. The normalized spacial score (nSPS) is 12.2. The number of benzene rings is 1. The van der Waals surface area contributed by atoms with Gasteiger partial charge in [-0.1, -0.05) is 18.2 Å². The third-order valence-electron chi connectivity index (χ3n) is 1.76. The number of hydrogen-bond donors (Lipinski definition) is 1. The van der Waals surface area contributed by atoms with Gasteiger partial charge in [0.25, 0.3) is 0 Å². The summed E-state index contributed by atoms with van der Waals surface area (Å²) in [5.41, 5.74) is 0.208. The van der Waals surface area contributed by atoms with E-state index in [0.29, 0.717) is 6.54 Å². The minimum absolute atomic E-state index is 0.208. The molecule has 0 aliphatic rings. The first kappa shape index (κ1) is 11.0. The van der Waals surface area contributed by atoms with Gasteiger partial charge in [-0.15, -0.1) is 11.6 Å². The maximum Gasteiger partial charge on any atom is 0.242 e. The van der Waals surface area contributed by atoms with Gasteiger partial charge in [0.05, 0.1) is 0 Å². The van der Waals surface area contributed by atoms with Crippen LogP contribution in [0.15, 0.2) is 24.3 Å². The Morgan fingerprint density at radius 2 is 2.21 bits per heavy atom. The van der Waals surface area contributed by atoms with Crippen LogP contribution in [0.1, 0.15) is 17.9 Å². The highest BCUT2D eigenvalue weighted by atomic mass is 35.5. The lowest BCUT2D eigenvalue weighted by Crippen LogP contribution is -2.26. The molecule has 1 amide bonds. The van der Waals surface area contributed by atoms with E-state index in [1.165, 1.54) is 12.1 Å². The number of carbonyl (C=O) groups excluding carboxylic acids is 1. The van der Waals surface area contributed by atoms with Gasteiger partial charge in [-0.2, -0.15) is 0 Å². The smallest absolute Gasteiger partial charge is 0.242 e. The zero-order chi connectivity index (χ0) is 10.6. The molecule has 1 unspecified atom stereocenters. The Hall–Kier alpha value is -1.09. The average Bonchev–Trinajstić information content (AvgIpc) is 2.18. The molecule has 0 saturated heterocycles. The van der Waals surface area contributed by atoms with E-state index >= 15 is 0 Å². The molecular formula is C10H11ClFNO. The van der Waals surface area contributed by atoms with Gasteiger partial charge in [-0.05, 0) is 13.0 Å². The predicted octanol–water partition coefficient (Wildman–Crippen LogP) is 2.24. The second-order valence-corrected chi connectivity index (χ2v) is 3.22. The van der Waals surface area contributed by atoms with E-state index in [1.807, 2.05) is 0 Å². The molecule has 1 aromatic carbocycles. The van der Waals surface area contributed by atoms with Gasteiger partial charge in [-0.3, -0.25) is 4.79 Å². The second-order valence-electron chi connectivity index (χ2n) is 2.78. The van der Waals surface area contributed by atoms with Crippen LogP contribution in [-0.4, -0.2) is 12.5 Å². The zero-order valence-corrected chi connectivity index (χ0v) is 8.51. The van der Waals surface area contributed by atoms with E-state index in [4.69, 9.17) is 11.6 Å². The van der Waals surface area contributed by atoms with Crippen molar-refractivity contribution < 1.29 is 9.18 Å². The summed E-state index contributed by atoms with van der Waals surface area (Å²) in [4.78, 5) is 11.3. The van der Waals surface area contributed by atoms with Crippen molar-refractivity contribution >= 4 is 17.5 Å². The summed E-state index contributed by atoms with van der Waals surface area (Å²) in [7, 11) is 0. The number of rotatable bonds is 3. The van der Waals surface area contributed by atoms with Crippen molar-refractivity contribution in [1.29, 1.82) is 0 Å². The number of nitrogens with one attached hydrogen (secondary N) is 1. The van der Waals surface area contributed by atoms with E-state index < -0.39 is 11.2 Å². The first-order valence-corrected chi connectivity index (χ1v) is 4.76. The minimum atomic E-state index is -0.962. The molecule has 0 aromatic heterocycles. The summed E-state index contributed by atoms with van der Waals surface area (Å²) in [6.45, 7) is 2.26. The summed E-state index contributed by atoms with van der Waals surface area (Å²) >= 11 is 5.79. The highest BCUT2D eigenvalue weighted by Crippen LogP contribution is 2.22. The number of halogens is 2. The molecule has 0 bridgehead atoms. The number of carbonyl (C=O) groups is 1. The number of hydrogen-bond acceptors (Lipinski definition) is 1. The number of alkyl halides is 1. The van der Waals surface area contributed by atoms with Crippen LogP contribution in [0.2, 0.25) is 0 Å². The lowest BCUT2D eigenvalue weighted by molar-refractivity contribution is -0.120. The Labute approximate surface area is 87.1 Å². The van der Waals surface area contributed by atoms with E-state index in [1.54, 1.807) is 19.1 Å². The van der Waals surface area contributed by atoms with Gasteiger partial charge < -0.3 is 5.32 Å². The fraction of sp³-hybridized carbons (Fsp3) is 0.300. The Morgan fingerprint density at radius 3 is 2.79 bits per heavy atom. The first-order chi connectivity index (χ1) is 6.66. The highest BCUT2D eigenvalue weighted by molar-refractivity contribution is 6.30. The van der Waals surface area contributed by atoms with Gasteiger partial charge >= 0.3 is 0 Å². The van der Waals surface area contributed by atoms with Gasteiger partial charge in [0.1, 0.15) is 11.2 Å². The number of likely N-dealkylation sites (N-methyl/N-ethyl adjacent to an activating group) is 1. The maximum absolute atomic E-state index is 13.2. The van der Waals surface area contributed by atoms with Crippen molar-refractivity contribution in [3.63, 3.8) is 0 Å². The molecule has 0 saturated carbocycles. The Balaban J connectivity index is 2.84. The molecule has 1 rings (SSSR count). The molecule has 76 valence electrons. The lowest BCUT2D eigenvalue weighted by atomic mass is 10.1. The fourth-order valence-corrected chi connectivity index (χ4v) is 1.34. The minimum Gasteiger partial charge on any atom is -0.355 e. The van der Waals surface area contributed by atoms with Crippen LogP contribution in [0.3, 0.4) is 0 Å². The molecule has 0 fully saturated rings. The summed E-state index contributed by atoms with van der Waals surface area (Å²) < 4.78 is 13.2. The van der Waals surface area contributed by atoms with Crippen molar-refractivity contribution in [3.8, 4) is 0 Å². The quantitative estimate of drug-likeness (QED) is 0.770. The van der Waals surface area contributed by atoms with Gasteiger partial charge in [0, 0.05) is 12.1 Å². The molecule has 1 aromatic rings. The SMILES string of the molecule is CCNC(=O)C(Cl)c1ccccc1F. The summed E-state index contributed by atoms with van der Waals surface area (Å²) in [5.74, 6) is -0.835. The predicted molar refractivity (Wildman–Crippen MR) is 53.7 cm³/mol. The maximum atomic E-state index is 13.2. The van der Waals surface area contributed by atoms with Crippen LogP contribution in [0.25, 0.3) is 0 Å². The van der Waals surface area contributed by atoms with E-state index in [-0.39, 0.29) is 11.5 Å². The monoisotopic (exact) mass is 215 g/mol. The molecule has 0 radical (unpaired) electrons. The van der Waals surface area contributed by atoms with Crippen LogP contribution in [0.5, 0.6) is 0 Å². The standard InChI is InChI=1S/C10H11ClFNO/c1-2-13-10(14)9(11)7-5-3-4-6-8(7)12/h3-6,9H,2H2,1H3,(H,13,14). The zero-order valence-electron chi connectivity index (χ0n) is 7.76. The summed E-state index contributed by atoms with van der Waals surface area (Å²) in [6, 6.07) is 5.99. The molecule has 0 spiro atoms. The van der Waals surface area contributed by atoms with Crippen molar-refractivity contribution in [2.45, 2.75) is 12.3 Å². The van der Waals surface area contributed by atoms with Crippen molar-refractivity contribution in [2.24, 2.45) is 0 Å². The third kappa shape index (κ3) is 2.45. The Kier molecular flexibility index (Phi) is 3.89. The molecule has 14 heavy (non-hydrogen) atoms. The molecular weight excluding hydrogens is 205 g/mol. The van der Waals surface area contributed by atoms with Crippen LogP contribution in [0, 0.1) is 5.82 Å². The van der Waals surface area contributed by atoms with Crippen LogP contribution in [0.4, 0.5) is 4.39 Å². The van der Waals surface area contributed by atoms with E-state index in [0.717, 1.165) is 0 Å². The average molecular weight is 216 g/mol. The third-order valence-corrected chi connectivity index (χ3v) is 2.19. The van der Waals surface area contributed by atoms with Crippen molar-refractivity contribution in [1.82, 2.24) is 5.32 Å². The van der Waals surface area contributed by atoms with Gasteiger partial charge in [0.2, 0.25) is 5.91 Å². The molecule has 0 heterocycles. The summed E-state index contributed by atoms with van der Waals surface area (Å²) in [6.07, 6.45) is 0. The van der Waals surface area contributed by atoms with E-state index in [9.17, 15) is 9.18 Å². The topological polar surface area (TPSA) is 29.1 Å². The van der Waals surface area contributed by atoms with Crippen molar-refractivity contribution in [3.05, 3.63) is 35.6 Å². The molecule has 2 nitrogen and oxygen atoms in total. The Morgan fingerprint density at radius 1 is 1.57 bits per heavy atom. The molecule has 0 aliphatic carbocycles.